The van der Waals surface area contributed by atoms with Gasteiger partial charge in [0.2, 0.25) is 0 Å². The number of piperazine rings is 1. The average Bonchev–Trinajstić information content (AvgIpc) is 3.51. The average molecular weight is 461 g/mol. The minimum Gasteiger partial charge on any atom is -0.450 e. The van der Waals surface area contributed by atoms with Crippen molar-refractivity contribution >= 4 is 17.6 Å². The topological polar surface area (TPSA) is 66.2 Å². The van der Waals surface area contributed by atoms with Gasteiger partial charge in [-0.2, -0.15) is 0 Å². The number of fused-ring (bicyclic) bond motifs is 1. The molecule has 3 aromatic rings. The summed E-state index contributed by atoms with van der Waals surface area (Å²) in [6.45, 7) is 8.11. The third-order valence-corrected chi connectivity index (χ3v) is 7.87. The zero-order valence-corrected chi connectivity index (χ0v) is 19.8. The number of carbonyl (C=O) groups excluding carboxylic acids is 1. The van der Waals surface area contributed by atoms with Crippen molar-refractivity contribution in [1.82, 2.24) is 24.2 Å². The Labute approximate surface area is 200 Å². The van der Waals surface area contributed by atoms with Crippen LogP contribution in [0.3, 0.4) is 0 Å². The predicted octanol–water partition coefficient (Wildman–Crippen LogP) is 3.53. The van der Waals surface area contributed by atoms with Gasteiger partial charge in [0.05, 0.1) is 6.61 Å². The Hall–Kier alpha value is -3.13. The zero-order chi connectivity index (χ0) is 23.1. The number of hydrogen-bond acceptors (Lipinski definition) is 6. The van der Waals surface area contributed by atoms with E-state index in [1.807, 2.05) is 36.5 Å². The molecule has 6 rings (SSSR count). The molecule has 3 aromatic heterocycles. The second-order valence-corrected chi connectivity index (χ2v) is 9.96. The number of amides is 1. The van der Waals surface area contributed by atoms with Crippen molar-refractivity contribution in [2.75, 3.05) is 50.8 Å². The second kappa shape index (κ2) is 8.58. The highest BCUT2D eigenvalue weighted by molar-refractivity contribution is 5.76. The van der Waals surface area contributed by atoms with Crippen LogP contribution in [0.1, 0.15) is 26.2 Å². The molecule has 8 heteroatoms. The van der Waals surface area contributed by atoms with Gasteiger partial charge in [0.15, 0.2) is 0 Å². The van der Waals surface area contributed by atoms with Crippen LogP contribution in [-0.2, 0) is 4.74 Å². The van der Waals surface area contributed by atoms with E-state index in [0.29, 0.717) is 18.1 Å². The van der Waals surface area contributed by atoms with Crippen LogP contribution in [-0.4, -0.2) is 82.2 Å². The van der Waals surface area contributed by atoms with Crippen LogP contribution < -0.4 is 4.90 Å². The highest BCUT2D eigenvalue weighted by Gasteiger charge is 2.51. The number of aromatic nitrogens is 3. The first kappa shape index (κ1) is 21.4. The highest BCUT2D eigenvalue weighted by Crippen LogP contribution is 2.47. The normalized spacial score (nSPS) is 22.3. The quantitative estimate of drug-likeness (QED) is 0.594. The summed E-state index contributed by atoms with van der Waals surface area (Å²) in [6.07, 6.45) is 11.3. The first-order valence-corrected chi connectivity index (χ1v) is 12.4. The molecule has 0 bridgehead atoms. The van der Waals surface area contributed by atoms with Crippen molar-refractivity contribution in [3.63, 3.8) is 0 Å². The van der Waals surface area contributed by atoms with Gasteiger partial charge < -0.3 is 18.9 Å². The zero-order valence-electron chi connectivity index (χ0n) is 19.8. The smallest absolute Gasteiger partial charge is 0.409 e. The molecule has 5 heterocycles. The molecule has 1 unspecified atom stereocenters. The van der Waals surface area contributed by atoms with Crippen molar-refractivity contribution in [3.05, 3.63) is 49.1 Å². The Morgan fingerprint density at radius 1 is 1.12 bits per heavy atom. The lowest BCUT2D eigenvalue weighted by Gasteiger charge is -2.48. The van der Waals surface area contributed by atoms with Gasteiger partial charge in [-0.25, -0.2) is 14.8 Å². The van der Waals surface area contributed by atoms with Crippen molar-refractivity contribution in [2.45, 2.75) is 32.2 Å². The van der Waals surface area contributed by atoms with Gasteiger partial charge in [-0.05, 0) is 50.5 Å². The van der Waals surface area contributed by atoms with Crippen LogP contribution in [0.2, 0.25) is 0 Å². The lowest BCUT2D eigenvalue weighted by atomic mass is 9.78. The SMILES string of the molecule is CCOC(=O)N1CC2(CCC(N3CCN(c4ncccc4-c4ccc5nccn5c4)CC3)C2)C1. The van der Waals surface area contributed by atoms with E-state index in [2.05, 4.69) is 43.6 Å². The third kappa shape index (κ3) is 3.79. The molecule has 1 saturated carbocycles. The summed E-state index contributed by atoms with van der Waals surface area (Å²) in [4.78, 5) is 28.1. The van der Waals surface area contributed by atoms with Gasteiger partial charge in [-0.15, -0.1) is 0 Å². The van der Waals surface area contributed by atoms with Crippen LogP contribution >= 0.6 is 0 Å². The minimum absolute atomic E-state index is 0.149. The molecule has 1 aliphatic carbocycles. The number of anilines is 1. The number of nitrogens with zero attached hydrogens (tertiary/aromatic N) is 6. The summed E-state index contributed by atoms with van der Waals surface area (Å²) in [7, 11) is 0. The first-order chi connectivity index (χ1) is 16.6. The monoisotopic (exact) mass is 460 g/mol. The molecular formula is C26H32N6O2. The largest absolute Gasteiger partial charge is 0.450 e. The van der Waals surface area contributed by atoms with Gasteiger partial charge in [0.25, 0.3) is 0 Å². The molecule has 178 valence electrons. The fraction of sp³-hybridized carbons (Fsp3) is 0.500. The Morgan fingerprint density at radius 2 is 1.97 bits per heavy atom. The molecule has 8 nitrogen and oxygen atoms in total. The maximum absolute atomic E-state index is 12.0. The summed E-state index contributed by atoms with van der Waals surface area (Å²) < 4.78 is 7.22. The molecule has 0 aromatic carbocycles. The predicted molar refractivity (Wildman–Crippen MR) is 131 cm³/mol. The van der Waals surface area contributed by atoms with Gasteiger partial charge in [-0.1, -0.05) is 0 Å². The van der Waals surface area contributed by atoms with E-state index in [-0.39, 0.29) is 6.09 Å². The van der Waals surface area contributed by atoms with Crippen LogP contribution in [0.5, 0.6) is 0 Å². The molecule has 2 aliphatic heterocycles. The van der Waals surface area contributed by atoms with E-state index in [1.165, 1.54) is 24.8 Å². The number of imidazole rings is 1. The maximum Gasteiger partial charge on any atom is 0.409 e. The van der Waals surface area contributed by atoms with E-state index >= 15 is 0 Å². The number of pyridine rings is 2. The van der Waals surface area contributed by atoms with E-state index < -0.39 is 0 Å². The van der Waals surface area contributed by atoms with Crippen molar-refractivity contribution in [1.29, 1.82) is 0 Å². The molecule has 1 amide bonds. The van der Waals surface area contributed by atoms with Crippen LogP contribution in [0.15, 0.2) is 49.1 Å². The lowest BCUT2D eigenvalue weighted by Crippen LogP contribution is -2.58. The third-order valence-electron chi connectivity index (χ3n) is 7.87. The fourth-order valence-electron chi connectivity index (χ4n) is 6.14. The van der Waals surface area contributed by atoms with E-state index in [1.54, 1.807) is 0 Å². The lowest BCUT2D eigenvalue weighted by molar-refractivity contribution is -0.00294. The molecule has 0 radical (unpaired) electrons. The standard InChI is InChI=1S/C26H32N6O2/c1-2-34-25(33)32-18-26(19-32)8-7-21(16-26)29-12-14-30(15-13-29)24-22(4-3-9-28-24)20-5-6-23-27-10-11-31(23)17-20/h3-6,9-11,17,21H,2,7-8,12-16,18-19H2,1H3. The Kier molecular flexibility index (Phi) is 5.40. The molecule has 1 atom stereocenters. The van der Waals surface area contributed by atoms with E-state index in [4.69, 9.17) is 9.72 Å². The molecule has 3 fully saturated rings. The number of likely N-dealkylation sites (tertiary alicyclic amines) is 1. The summed E-state index contributed by atoms with van der Waals surface area (Å²) in [5.41, 5.74) is 3.59. The van der Waals surface area contributed by atoms with Gasteiger partial charge in [-0.3, -0.25) is 4.90 Å². The van der Waals surface area contributed by atoms with E-state index in [9.17, 15) is 4.79 Å². The van der Waals surface area contributed by atoms with Crippen LogP contribution in [0.25, 0.3) is 16.8 Å². The Bertz CT molecular complexity index is 1180. The fourth-order valence-corrected chi connectivity index (χ4v) is 6.14. The number of rotatable bonds is 4. The number of carbonyl (C=O) groups is 1. The Balaban J connectivity index is 1.09. The number of ether oxygens (including phenoxy) is 1. The maximum atomic E-state index is 12.0. The molecule has 3 aliphatic rings. The highest BCUT2D eigenvalue weighted by atomic mass is 16.6. The molecule has 2 saturated heterocycles. The van der Waals surface area contributed by atoms with Gasteiger partial charge in [0.1, 0.15) is 11.5 Å². The first-order valence-electron chi connectivity index (χ1n) is 12.4. The molecule has 34 heavy (non-hydrogen) atoms. The summed E-state index contributed by atoms with van der Waals surface area (Å²) in [5, 5.41) is 0. The van der Waals surface area contributed by atoms with Gasteiger partial charge >= 0.3 is 6.09 Å². The summed E-state index contributed by atoms with van der Waals surface area (Å²) in [5.74, 6) is 1.06. The molecule has 1 spiro atoms. The number of hydrogen-bond donors (Lipinski definition) is 0. The summed E-state index contributed by atoms with van der Waals surface area (Å²) in [6, 6.07) is 9.00. The van der Waals surface area contributed by atoms with Crippen molar-refractivity contribution in [2.24, 2.45) is 5.41 Å². The van der Waals surface area contributed by atoms with Gasteiger partial charge in [0, 0.05) is 86.6 Å². The molecule has 0 N–H and O–H groups in total. The van der Waals surface area contributed by atoms with Crippen LogP contribution in [0, 0.1) is 5.41 Å². The minimum atomic E-state index is -0.149. The Morgan fingerprint density at radius 3 is 2.79 bits per heavy atom. The molecular weight excluding hydrogens is 428 g/mol. The van der Waals surface area contributed by atoms with Crippen molar-refractivity contribution in [3.8, 4) is 11.1 Å². The second-order valence-electron chi connectivity index (χ2n) is 9.96. The summed E-state index contributed by atoms with van der Waals surface area (Å²) >= 11 is 0. The van der Waals surface area contributed by atoms with Crippen molar-refractivity contribution < 1.29 is 9.53 Å². The van der Waals surface area contributed by atoms with Crippen LogP contribution in [0.4, 0.5) is 10.6 Å². The van der Waals surface area contributed by atoms with E-state index in [0.717, 1.165) is 56.3 Å².